The number of phenols is 1. The molecule has 0 bridgehead atoms. The largest absolute Gasteiger partial charge is 0.508 e. The fraction of sp³-hybridized carbons (Fsp3) is 0.467. The molecule has 2 aliphatic carbocycles. The van der Waals surface area contributed by atoms with Gasteiger partial charge < -0.3 is 14.3 Å². The Bertz CT molecular complexity index is 1820. The average Bonchev–Trinajstić information content (AvgIpc) is 3.69. The third kappa shape index (κ3) is 7.22. The van der Waals surface area contributed by atoms with Crippen molar-refractivity contribution in [2.75, 3.05) is 13.2 Å². The number of amides is 2. The molecule has 4 aliphatic rings. The number of aromatic hydroxyl groups is 1. The van der Waals surface area contributed by atoms with Crippen LogP contribution >= 0.6 is 11.6 Å². The maximum atomic E-state index is 14.4. The minimum Gasteiger partial charge on any atom is -0.508 e. The number of carbonyl (C=O) groups is 2. The molecular weight excluding hydrogens is 698 g/mol. The lowest BCUT2D eigenvalue weighted by Crippen LogP contribution is -2.66. The maximum Gasteiger partial charge on any atom is 0.261 e. The molecule has 6 nitrogen and oxygen atoms in total. The molecular formula is C45H54ClNO5Si. The zero-order valence-electron chi connectivity index (χ0n) is 31.7. The van der Waals surface area contributed by atoms with Gasteiger partial charge >= 0.3 is 0 Å². The number of carbonyl (C=O) groups excluding carboxylic acids is 2. The van der Waals surface area contributed by atoms with Gasteiger partial charge in [0.05, 0.1) is 36.2 Å². The zero-order valence-corrected chi connectivity index (χ0v) is 33.4. The van der Waals surface area contributed by atoms with E-state index in [4.69, 9.17) is 20.8 Å². The fourth-order valence-corrected chi connectivity index (χ4v) is 14.6. The average molecular weight is 752 g/mol. The summed E-state index contributed by atoms with van der Waals surface area (Å²) >= 11 is 6.49. The van der Waals surface area contributed by atoms with Crippen molar-refractivity contribution < 1.29 is 23.9 Å². The van der Waals surface area contributed by atoms with E-state index in [0.29, 0.717) is 24.7 Å². The van der Waals surface area contributed by atoms with E-state index in [0.717, 1.165) is 56.1 Å². The molecule has 2 aliphatic heterocycles. The molecule has 7 rings (SSSR count). The van der Waals surface area contributed by atoms with Crippen LogP contribution in [0.25, 0.3) is 6.08 Å². The zero-order chi connectivity index (χ0) is 37.3. The molecule has 0 spiro atoms. The number of ether oxygens (including phenoxy) is 1. The second kappa shape index (κ2) is 15.7. The summed E-state index contributed by atoms with van der Waals surface area (Å²) in [5.41, 5.74) is 4.44. The second-order valence-corrected chi connectivity index (χ2v) is 21.2. The van der Waals surface area contributed by atoms with Gasteiger partial charge in [-0.2, -0.15) is 0 Å². The number of imide groups is 1. The molecule has 3 aromatic rings. The molecule has 0 aromatic heterocycles. The third-order valence-corrected chi connectivity index (χ3v) is 17.7. The minimum absolute atomic E-state index is 0.0108. The highest BCUT2D eigenvalue weighted by molar-refractivity contribution is 6.99. The first-order chi connectivity index (χ1) is 25.5. The number of fused-ring (bicyclic) bond motifs is 3. The molecule has 2 amide bonds. The predicted molar refractivity (Wildman–Crippen MR) is 215 cm³/mol. The van der Waals surface area contributed by atoms with Crippen molar-refractivity contribution in [3.8, 4) is 5.75 Å². The smallest absolute Gasteiger partial charge is 0.261 e. The summed E-state index contributed by atoms with van der Waals surface area (Å²) in [5.74, 6) is -0.713. The number of benzene rings is 3. The lowest BCUT2D eigenvalue weighted by atomic mass is 9.69. The van der Waals surface area contributed by atoms with E-state index in [-0.39, 0.29) is 52.5 Å². The van der Waals surface area contributed by atoms with Crippen molar-refractivity contribution in [1.29, 1.82) is 0 Å². The highest BCUT2D eigenvalue weighted by Crippen LogP contribution is 2.51. The van der Waals surface area contributed by atoms with Gasteiger partial charge in [-0.05, 0) is 88.8 Å². The lowest BCUT2D eigenvalue weighted by molar-refractivity contribution is -0.143. The Morgan fingerprint density at radius 3 is 2.21 bits per heavy atom. The van der Waals surface area contributed by atoms with Crippen molar-refractivity contribution in [3.05, 3.63) is 106 Å². The molecule has 3 fully saturated rings. The first-order valence-corrected chi connectivity index (χ1v) is 22.0. The fourth-order valence-electron chi connectivity index (χ4n) is 9.81. The molecule has 0 radical (unpaired) electrons. The number of halogens is 1. The number of phenolic OH excluding ortho intramolecular Hbond substituents is 1. The summed E-state index contributed by atoms with van der Waals surface area (Å²) in [6.07, 6.45) is 9.99. The first kappa shape index (κ1) is 37.8. The molecule has 53 heavy (non-hydrogen) atoms. The molecule has 1 N–H and O–H groups in total. The summed E-state index contributed by atoms with van der Waals surface area (Å²) in [4.78, 5) is 30.4. The van der Waals surface area contributed by atoms with Gasteiger partial charge in [-0.25, -0.2) is 0 Å². The summed E-state index contributed by atoms with van der Waals surface area (Å²) in [6, 6.07) is 26.5. The van der Waals surface area contributed by atoms with Gasteiger partial charge in [0.2, 0.25) is 11.8 Å². The molecule has 2 saturated heterocycles. The highest BCUT2D eigenvalue weighted by Gasteiger charge is 2.59. The van der Waals surface area contributed by atoms with E-state index in [2.05, 4.69) is 94.4 Å². The Morgan fingerprint density at radius 2 is 1.60 bits per heavy atom. The number of nitrogens with zero attached hydrogens (tertiary/aromatic N) is 1. The van der Waals surface area contributed by atoms with E-state index in [1.54, 1.807) is 17.0 Å². The van der Waals surface area contributed by atoms with E-state index in [1.807, 2.05) is 6.07 Å². The van der Waals surface area contributed by atoms with Gasteiger partial charge in [0.15, 0.2) is 0 Å². The van der Waals surface area contributed by atoms with E-state index in [9.17, 15) is 14.7 Å². The minimum atomic E-state index is -2.88. The Labute approximate surface area is 321 Å². The monoisotopic (exact) mass is 751 g/mol. The van der Waals surface area contributed by atoms with Gasteiger partial charge in [0.1, 0.15) is 5.75 Å². The van der Waals surface area contributed by atoms with Crippen LogP contribution in [0.15, 0.2) is 95.6 Å². The second-order valence-electron chi connectivity index (χ2n) is 16.5. The molecule has 3 aromatic carbocycles. The molecule has 4 atom stereocenters. The summed E-state index contributed by atoms with van der Waals surface area (Å²) < 4.78 is 14.2. The number of allylic oxidation sites excluding steroid dienone is 1. The van der Waals surface area contributed by atoms with Gasteiger partial charge in [0, 0.05) is 12.0 Å². The summed E-state index contributed by atoms with van der Waals surface area (Å²) in [6.45, 7) is 9.85. The Balaban J connectivity index is 1.26. The standard InChI is InChI=1S/C45H54ClNO5Si/c1-5-30(25-31-22-23-34(48)27-39(31)46)21-24-40-41-32(26-37-42(38(41)29-51-40)44(50)47(43(37)49)33-15-9-6-10-16-33)28-52-53(45(2,3)4,35-17-11-7-12-18-35)36-19-13-8-14-20-36/h7-8,11-14,17-20,22-23,25,27,33,37-38,40,42,48H,5-6,9-10,15-16,21,24,26,28-29H2,1-4H3/b30-25+/t37-,38+,40-,42-/m1/s1. The number of hydrogen-bond acceptors (Lipinski definition) is 5. The Hall–Kier alpha value is -3.49. The molecule has 280 valence electrons. The Morgan fingerprint density at radius 1 is 0.943 bits per heavy atom. The quantitative estimate of drug-likeness (QED) is 0.120. The molecule has 1 saturated carbocycles. The number of hydrogen-bond donors (Lipinski definition) is 1. The van der Waals surface area contributed by atoms with Crippen LogP contribution in [0.2, 0.25) is 10.1 Å². The van der Waals surface area contributed by atoms with Crippen molar-refractivity contribution in [3.63, 3.8) is 0 Å². The third-order valence-electron chi connectivity index (χ3n) is 12.4. The van der Waals surface area contributed by atoms with Crippen LogP contribution in [0.1, 0.15) is 91.0 Å². The SMILES string of the molecule is CC/C(=C\c1ccc(O)cc1Cl)CC[C@H]1OC[C@H]2C1=C(CO[Si](c1ccccc1)(c1ccccc1)C(C)(C)C)C[C@H]1C(=O)N(C3CCCCC3)C(=O)[C@H]12. The van der Waals surface area contributed by atoms with Crippen molar-refractivity contribution in [2.45, 2.75) is 103 Å². The van der Waals surface area contributed by atoms with Crippen molar-refractivity contribution in [1.82, 2.24) is 4.90 Å². The van der Waals surface area contributed by atoms with Crippen LogP contribution in [-0.2, 0) is 18.8 Å². The molecule has 2 heterocycles. The summed E-state index contributed by atoms with van der Waals surface area (Å²) in [5, 5.41) is 12.6. The maximum absolute atomic E-state index is 14.4. The van der Waals surface area contributed by atoms with Crippen molar-refractivity contribution >= 4 is 48.2 Å². The van der Waals surface area contributed by atoms with Crippen LogP contribution < -0.4 is 10.4 Å². The van der Waals surface area contributed by atoms with Gasteiger partial charge in [-0.15, -0.1) is 0 Å². The highest BCUT2D eigenvalue weighted by atomic mass is 35.5. The molecule has 0 unspecified atom stereocenters. The topological polar surface area (TPSA) is 76.1 Å². The van der Waals surface area contributed by atoms with Crippen LogP contribution in [0.5, 0.6) is 5.75 Å². The van der Waals surface area contributed by atoms with Crippen LogP contribution in [0, 0.1) is 17.8 Å². The number of likely N-dealkylation sites (tertiary alicyclic amines) is 1. The lowest BCUT2D eigenvalue weighted by Gasteiger charge is -2.44. The summed E-state index contributed by atoms with van der Waals surface area (Å²) in [7, 11) is -2.88. The Kier molecular flexibility index (Phi) is 11.2. The predicted octanol–water partition coefficient (Wildman–Crippen LogP) is 8.85. The van der Waals surface area contributed by atoms with E-state index < -0.39 is 8.32 Å². The number of rotatable bonds is 11. The van der Waals surface area contributed by atoms with Gasteiger partial charge in [0.25, 0.3) is 8.32 Å². The first-order valence-electron chi connectivity index (χ1n) is 19.7. The van der Waals surface area contributed by atoms with Crippen LogP contribution in [-0.4, -0.2) is 55.5 Å². The van der Waals surface area contributed by atoms with Crippen molar-refractivity contribution in [2.24, 2.45) is 17.8 Å². The van der Waals surface area contributed by atoms with Gasteiger partial charge in [-0.3, -0.25) is 14.5 Å². The normalized spacial score (nSPS) is 24.2. The van der Waals surface area contributed by atoms with E-state index >= 15 is 0 Å². The van der Waals surface area contributed by atoms with Crippen LogP contribution in [0.4, 0.5) is 0 Å². The molecule has 8 heteroatoms. The van der Waals surface area contributed by atoms with E-state index in [1.165, 1.54) is 27.9 Å². The van der Waals surface area contributed by atoms with Gasteiger partial charge in [-0.1, -0.05) is 131 Å². The van der Waals surface area contributed by atoms with Crippen LogP contribution in [0.3, 0.4) is 0 Å².